The number of carbonyl (C=O) groups is 2. The van der Waals surface area contributed by atoms with Crippen LogP contribution in [0.15, 0.2) is 18.2 Å². The molecule has 25 heavy (non-hydrogen) atoms. The summed E-state index contributed by atoms with van der Waals surface area (Å²) in [7, 11) is 0. The molecule has 132 valence electrons. The summed E-state index contributed by atoms with van der Waals surface area (Å²) in [5.41, 5.74) is 2.88. The van der Waals surface area contributed by atoms with Crippen molar-refractivity contribution < 1.29 is 19.4 Å². The number of carboxylic acids is 1. The Kier molecular flexibility index (Phi) is 3.95. The van der Waals surface area contributed by atoms with Gasteiger partial charge in [0, 0.05) is 13.1 Å². The molecule has 0 bridgehead atoms. The Hall–Kier alpha value is -2.41. The number of nitrogens with zero attached hydrogens (tertiary/aromatic N) is 3. The van der Waals surface area contributed by atoms with Crippen LogP contribution in [-0.4, -0.2) is 44.6 Å². The van der Waals surface area contributed by atoms with E-state index in [1.54, 1.807) is 0 Å². The predicted octanol–water partition coefficient (Wildman–Crippen LogP) is 1.95. The van der Waals surface area contributed by atoms with Crippen molar-refractivity contribution in [1.82, 2.24) is 14.5 Å². The van der Waals surface area contributed by atoms with E-state index in [0.717, 1.165) is 41.8 Å². The lowest BCUT2D eigenvalue weighted by Gasteiger charge is -2.38. The SMILES string of the molecule is C[C@H]1CCC(c2ccc3c(c2)nc2n3CCOC2)N(C(=O)C(=O)O)C1. The minimum atomic E-state index is -1.39. The summed E-state index contributed by atoms with van der Waals surface area (Å²) in [5.74, 6) is -1.00. The molecule has 2 atom stereocenters. The Balaban J connectivity index is 1.71. The van der Waals surface area contributed by atoms with Crippen LogP contribution in [-0.2, 0) is 27.5 Å². The predicted molar refractivity (Wildman–Crippen MR) is 89.9 cm³/mol. The molecule has 1 aromatic heterocycles. The number of hydrogen-bond donors (Lipinski definition) is 1. The number of likely N-dealkylation sites (tertiary alicyclic amines) is 1. The highest BCUT2D eigenvalue weighted by Crippen LogP contribution is 2.35. The van der Waals surface area contributed by atoms with E-state index in [0.29, 0.717) is 25.7 Å². The summed E-state index contributed by atoms with van der Waals surface area (Å²) in [6.45, 7) is 4.50. The third-order valence-corrected chi connectivity index (χ3v) is 5.19. The van der Waals surface area contributed by atoms with Crippen molar-refractivity contribution in [3.8, 4) is 0 Å². The molecule has 7 nitrogen and oxygen atoms in total. The van der Waals surface area contributed by atoms with E-state index in [9.17, 15) is 9.59 Å². The summed E-state index contributed by atoms with van der Waals surface area (Å²) in [4.78, 5) is 29.5. The van der Waals surface area contributed by atoms with E-state index in [4.69, 9.17) is 9.84 Å². The number of benzene rings is 1. The number of aromatic nitrogens is 2. The highest BCUT2D eigenvalue weighted by Gasteiger charge is 2.34. The maximum Gasteiger partial charge on any atom is 0.394 e. The molecule has 0 aliphatic carbocycles. The standard InChI is InChI=1S/C18H21N3O4/c1-11-2-4-14(21(9-11)17(22)18(23)24)12-3-5-15-13(8-12)19-16-10-25-7-6-20(15)16/h3,5,8,11,14H,2,4,6-7,9-10H2,1H3,(H,23,24)/t11-,14?/m0/s1. The van der Waals surface area contributed by atoms with E-state index in [1.165, 1.54) is 4.90 Å². The van der Waals surface area contributed by atoms with Gasteiger partial charge in [0.15, 0.2) is 0 Å². The maximum atomic E-state index is 12.1. The molecule has 2 aromatic rings. The minimum Gasteiger partial charge on any atom is -0.474 e. The number of hydrogen-bond acceptors (Lipinski definition) is 4. The van der Waals surface area contributed by atoms with Crippen LogP contribution in [0.3, 0.4) is 0 Å². The van der Waals surface area contributed by atoms with Gasteiger partial charge in [-0.1, -0.05) is 13.0 Å². The van der Waals surface area contributed by atoms with Gasteiger partial charge in [-0.15, -0.1) is 0 Å². The maximum absolute atomic E-state index is 12.1. The molecule has 2 aliphatic rings. The van der Waals surface area contributed by atoms with Crippen molar-refractivity contribution >= 4 is 22.9 Å². The molecule has 0 saturated carbocycles. The van der Waals surface area contributed by atoms with Crippen LogP contribution >= 0.6 is 0 Å². The zero-order valence-electron chi connectivity index (χ0n) is 14.1. The molecule has 7 heteroatoms. The molecule has 1 amide bonds. The van der Waals surface area contributed by atoms with Crippen molar-refractivity contribution in [2.75, 3.05) is 13.2 Å². The molecule has 0 spiro atoms. The van der Waals surface area contributed by atoms with Gasteiger partial charge in [0.2, 0.25) is 0 Å². The number of carbonyl (C=O) groups excluding carboxylic acids is 1. The first-order chi connectivity index (χ1) is 12.0. The molecule has 1 saturated heterocycles. The van der Waals surface area contributed by atoms with Crippen LogP contribution in [0.2, 0.25) is 0 Å². The highest BCUT2D eigenvalue weighted by atomic mass is 16.5. The summed E-state index contributed by atoms with van der Waals surface area (Å²) >= 11 is 0. The lowest BCUT2D eigenvalue weighted by molar-refractivity contribution is -0.158. The summed E-state index contributed by atoms with van der Waals surface area (Å²) in [6.07, 6.45) is 1.74. The van der Waals surface area contributed by atoms with Crippen molar-refractivity contribution in [1.29, 1.82) is 0 Å². The third-order valence-electron chi connectivity index (χ3n) is 5.19. The van der Waals surface area contributed by atoms with Gasteiger partial charge in [0.1, 0.15) is 12.4 Å². The molecular formula is C18H21N3O4. The number of aliphatic carboxylic acids is 1. The molecule has 0 radical (unpaired) electrons. The highest BCUT2D eigenvalue weighted by molar-refractivity contribution is 6.31. The fourth-order valence-electron chi connectivity index (χ4n) is 3.93. The fraction of sp³-hybridized carbons (Fsp3) is 0.500. The Labute approximate surface area is 145 Å². The number of imidazole rings is 1. The number of rotatable bonds is 1. The topological polar surface area (TPSA) is 84.7 Å². The average molecular weight is 343 g/mol. The van der Waals surface area contributed by atoms with Crippen LogP contribution in [0.4, 0.5) is 0 Å². The second kappa shape index (κ2) is 6.15. The first-order valence-electron chi connectivity index (χ1n) is 8.65. The third kappa shape index (κ3) is 2.78. The Morgan fingerprint density at radius 3 is 2.96 bits per heavy atom. The van der Waals surface area contributed by atoms with E-state index in [1.807, 2.05) is 25.1 Å². The van der Waals surface area contributed by atoms with E-state index >= 15 is 0 Å². The number of amides is 1. The van der Waals surface area contributed by atoms with Crippen molar-refractivity contribution in [2.45, 2.75) is 39.0 Å². The molecule has 2 aliphatic heterocycles. The van der Waals surface area contributed by atoms with Crippen molar-refractivity contribution in [3.63, 3.8) is 0 Å². The summed E-state index contributed by atoms with van der Waals surface area (Å²) in [5, 5.41) is 9.15. The average Bonchev–Trinajstić information content (AvgIpc) is 2.98. The zero-order valence-corrected chi connectivity index (χ0v) is 14.1. The molecule has 1 fully saturated rings. The monoisotopic (exact) mass is 343 g/mol. The molecule has 1 aromatic carbocycles. The molecule has 4 rings (SSSR count). The molecular weight excluding hydrogens is 322 g/mol. The van der Waals surface area contributed by atoms with E-state index in [2.05, 4.69) is 9.55 Å². The number of carboxylic acid groups (broad SMARTS) is 1. The normalized spacial score (nSPS) is 23.5. The van der Waals surface area contributed by atoms with E-state index < -0.39 is 11.9 Å². The van der Waals surface area contributed by atoms with Crippen LogP contribution in [0.5, 0.6) is 0 Å². The van der Waals surface area contributed by atoms with Crippen molar-refractivity contribution in [2.24, 2.45) is 5.92 Å². The van der Waals surface area contributed by atoms with Gasteiger partial charge in [-0.2, -0.15) is 0 Å². The Morgan fingerprint density at radius 2 is 2.16 bits per heavy atom. The van der Waals surface area contributed by atoms with Crippen LogP contribution in [0.1, 0.15) is 37.2 Å². The van der Waals surface area contributed by atoms with Crippen LogP contribution in [0, 0.1) is 5.92 Å². The zero-order chi connectivity index (χ0) is 17.6. The van der Waals surface area contributed by atoms with Gasteiger partial charge >= 0.3 is 11.9 Å². The molecule has 3 heterocycles. The lowest BCUT2D eigenvalue weighted by Crippen LogP contribution is -2.44. The largest absolute Gasteiger partial charge is 0.474 e. The number of piperidine rings is 1. The Morgan fingerprint density at radius 1 is 1.32 bits per heavy atom. The van der Waals surface area contributed by atoms with Crippen molar-refractivity contribution in [3.05, 3.63) is 29.6 Å². The smallest absolute Gasteiger partial charge is 0.394 e. The first kappa shape index (κ1) is 16.1. The van der Waals surface area contributed by atoms with Gasteiger partial charge < -0.3 is 19.3 Å². The summed E-state index contributed by atoms with van der Waals surface area (Å²) in [6, 6.07) is 5.80. The van der Waals surface area contributed by atoms with Crippen LogP contribution in [0.25, 0.3) is 11.0 Å². The Bertz CT molecular complexity index is 844. The van der Waals surface area contributed by atoms with E-state index in [-0.39, 0.29) is 6.04 Å². The lowest BCUT2D eigenvalue weighted by atomic mass is 9.89. The second-order valence-electron chi connectivity index (χ2n) is 6.94. The van der Waals surface area contributed by atoms with Crippen LogP contribution < -0.4 is 0 Å². The minimum absolute atomic E-state index is 0.209. The number of fused-ring (bicyclic) bond motifs is 3. The first-order valence-corrected chi connectivity index (χ1v) is 8.65. The molecule has 1 N–H and O–H groups in total. The van der Waals surface area contributed by atoms with Gasteiger partial charge in [-0.3, -0.25) is 4.79 Å². The fourth-order valence-corrected chi connectivity index (χ4v) is 3.93. The quantitative estimate of drug-likeness (QED) is 0.800. The van der Waals surface area contributed by atoms with Gasteiger partial charge in [-0.25, -0.2) is 9.78 Å². The molecule has 1 unspecified atom stereocenters. The van der Waals surface area contributed by atoms with Gasteiger partial charge in [-0.05, 0) is 36.5 Å². The van der Waals surface area contributed by atoms with Gasteiger partial charge in [0.05, 0.1) is 23.7 Å². The summed E-state index contributed by atoms with van der Waals surface area (Å²) < 4.78 is 7.62. The number of ether oxygens (including phenoxy) is 1. The van der Waals surface area contributed by atoms with Gasteiger partial charge in [0.25, 0.3) is 0 Å². The second-order valence-corrected chi connectivity index (χ2v) is 6.94.